The molecule has 7 heteroatoms. The van der Waals surface area contributed by atoms with Crippen LogP contribution in [0.5, 0.6) is 0 Å². The molecule has 0 spiro atoms. The Morgan fingerprint density at radius 2 is 2.07 bits per heavy atom. The molecule has 0 aliphatic heterocycles. The van der Waals surface area contributed by atoms with Crippen LogP contribution in [0.25, 0.3) is 0 Å². The van der Waals surface area contributed by atoms with Gasteiger partial charge in [-0.15, -0.1) is 0 Å². The van der Waals surface area contributed by atoms with Crippen molar-refractivity contribution < 1.29 is 17.9 Å². The van der Waals surface area contributed by atoms with Crippen molar-refractivity contribution in [1.82, 2.24) is 0 Å². The van der Waals surface area contributed by atoms with Crippen LogP contribution in [0.4, 0.5) is 13.2 Å². The van der Waals surface area contributed by atoms with Gasteiger partial charge in [0.25, 0.3) is 0 Å². The average Bonchev–Trinajstić information content (AvgIpc) is 2.01. The second-order valence-corrected chi connectivity index (χ2v) is 2.90. The Labute approximate surface area is 82.5 Å². The predicted molar refractivity (Wildman–Crippen MR) is 46.3 cm³/mol. The number of hydrogen-bond acceptors (Lipinski definition) is 2. The minimum absolute atomic E-state index is 0.297. The zero-order valence-electron chi connectivity index (χ0n) is 6.71. The SMILES string of the molecule is NC(=S)c1ccc[n+]([O-])c1C(F)(F)F. The highest BCUT2D eigenvalue weighted by molar-refractivity contribution is 7.80. The lowest BCUT2D eigenvalue weighted by Crippen LogP contribution is -2.39. The molecule has 1 rings (SSSR count). The molecule has 0 aliphatic carbocycles. The maximum absolute atomic E-state index is 12.3. The van der Waals surface area contributed by atoms with Crippen LogP contribution in [0.15, 0.2) is 18.3 Å². The van der Waals surface area contributed by atoms with Crippen LogP contribution in [-0.4, -0.2) is 4.99 Å². The van der Waals surface area contributed by atoms with Crippen LogP contribution >= 0.6 is 12.2 Å². The van der Waals surface area contributed by atoms with Crippen molar-refractivity contribution in [1.29, 1.82) is 0 Å². The minimum Gasteiger partial charge on any atom is -0.618 e. The van der Waals surface area contributed by atoms with Gasteiger partial charge in [0.2, 0.25) is 0 Å². The summed E-state index contributed by atoms with van der Waals surface area (Å²) in [5.74, 6) is 0. The highest BCUT2D eigenvalue weighted by atomic mass is 32.1. The number of nitrogens with two attached hydrogens (primary N) is 1. The summed E-state index contributed by atoms with van der Waals surface area (Å²) in [5.41, 5.74) is 3.21. The van der Waals surface area contributed by atoms with E-state index in [1.54, 1.807) is 0 Å². The van der Waals surface area contributed by atoms with Crippen LogP contribution < -0.4 is 10.5 Å². The molecule has 0 aromatic carbocycles. The molecule has 0 saturated heterocycles. The van der Waals surface area contributed by atoms with Crippen molar-refractivity contribution in [3.8, 4) is 0 Å². The predicted octanol–water partition coefficient (Wildman–Crippen LogP) is 0.973. The number of halogens is 3. The van der Waals surface area contributed by atoms with Gasteiger partial charge in [-0.3, -0.25) is 0 Å². The number of nitrogens with zero attached hydrogens (tertiary/aromatic N) is 1. The van der Waals surface area contributed by atoms with Crippen molar-refractivity contribution >= 4 is 17.2 Å². The van der Waals surface area contributed by atoms with Gasteiger partial charge >= 0.3 is 11.9 Å². The summed E-state index contributed by atoms with van der Waals surface area (Å²) in [6.45, 7) is 0. The maximum atomic E-state index is 12.3. The first-order chi connectivity index (χ1) is 6.34. The molecule has 0 unspecified atom stereocenters. The lowest BCUT2D eigenvalue weighted by Gasteiger charge is -2.10. The smallest absolute Gasteiger partial charge is 0.479 e. The Hall–Kier alpha value is -1.37. The van der Waals surface area contributed by atoms with Crippen molar-refractivity contribution in [3.05, 3.63) is 34.8 Å². The molecule has 0 saturated carbocycles. The van der Waals surface area contributed by atoms with E-state index in [1.165, 1.54) is 0 Å². The average molecular weight is 222 g/mol. The Balaban J connectivity index is 3.45. The van der Waals surface area contributed by atoms with Gasteiger partial charge in [0.15, 0.2) is 6.20 Å². The Morgan fingerprint density at radius 1 is 1.50 bits per heavy atom. The summed E-state index contributed by atoms with van der Waals surface area (Å²) < 4.78 is 36.7. The molecule has 0 bridgehead atoms. The fourth-order valence-electron chi connectivity index (χ4n) is 0.966. The van der Waals surface area contributed by atoms with Gasteiger partial charge in [-0.05, 0) is 6.07 Å². The van der Waals surface area contributed by atoms with E-state index in [4.69, 9.17) is 5.73 Å². The number of hydrogen-bond donors (Lipinski definition) is 1. The largest absolute Gasteiger partial charge is 0.618 e. The molecule has 76 valence electrons. The normalized spacial score (nSPS) is 11.4. The third-order valence-electron chi connectivity index (χ3n) is 1.49. The second kappa shape index (κ2) is 3.41. The van der Waals surface area contributed by atoms with Crippen LogP contribution in [0.3, 0.4) is 0 Å². The summed E-state index contributed by atoms with van der Waals surface area (Å²) in [6.07, 6.45) is -4.02. The summed E-state index contributed by atoms with van der Waals surface area (Å²) >= 11 is 4.40. The molecule has 3 nitrogen and oxygen atoms in total. The standard InChI is InChI=1S/C7H5F3N2OS/c8-7(9,10)5-4(6(11)14)2-1-3-12(5)13/h1-3H,(H2,11,14). The lowest BCUT2D eigenvalue weighted by molar-refractivity contribution is -0.629. The van der Waals surface area contributed by atoms with E-state index in [-0.39, 0.29) is 4.73 Å². The first kappa shape index (κ1) is 10.7. The fraction of sp³-hybridized carbons (Fsp3) is 0.143. The van der Waals surface area contributed by atoms with Crippen molar-refractivity contribution in [2.75, 3.05) is 0 Å². The van der Waals surface area contributed by atoms with Gasteiger partial charge in [0.05, 0.1) is 5.56 Å². The van der Waals surface area contributed by atoms with Crippen molar-refractivity contribution in [2.45, 2.75) is 6.18 Å². The molecule has 0 radical (unpaired) electrons. The Kier molecular flexibility index (Phi) is 2.61. The molecule has 0 aliphatic rings. The quantitative estimate of drug-likeness (QED) is 0.437. The van der Waals surface area contributed by atoms with E-state index >= 15 is 0 Å². The lowest BCUT2D eigenvalue weighted by atomic mass is 10.2. The molecular weight excluding hydrogens is 217 g/mol. The summed E-state index contributed by atoms with van der Waals surface area (Å²) in [4.78, 5) is -0.456. The Bertz CT molecular complexity index is 378. The molecule has 1 heterocycles. The summed E-state index contributed by atoms with van der Waals surface area (Å²) in [7, 11) is 0. The van der Waals surface area contributed by atoms with E-state index in [9.17, 15) is 18.4 Å². The monoisotopic (exact) mass is 222 g/mol. The molecule has 0 amide bonds. The van der Waals surface area contributed by atoms with Crippen LogP contribution in [0, 0.1) is 5.21 Å². The summed E-state index contributed by atoms with van der Waals surface area (Å²) in [6, 6.07) is 2.20. The van der Waals surface area contributed by atoms with Crippen molar-refractivity contribution in [3.63, 3.8) is 0 Å². The third-order valence-corrected chi connectivity index (χ3v) is 1.71. The first-order valence-electron chi connectivity index (χ1n) is 3.43. The van der Waals surface area contributed by atoms with Gasteiger partial charge in [0, 0.05) is 6.07 Å². The fourth-order valence-corrected chi connectivity index (χ4v) is 1.13. The maximum Gasteiger partial charge on any atom is 0.479 e. The van der Waals surface area contributed by atoms with E-state index in [1.807, 2.05) is 0 Å². The van der Waals surface area contributed by atoms with Gasteiger partial charge in [-0.1, -0.05) is 12.2 Å². The third kappa shape index (κ3) is 1.92. The highest BCUT2D eigenvalue weighted by Crippen LogP contribution is 2.28. The molecular formula is C7H5F3N2OS. The minimum atomic E-state index is -4.76. The van der Waals surface area contributed by atoms with Gasteiger partial charge in [0.1, 0.15) is 4.99 Å². The van der Waals surface area contributed by atoms with Gasteiger partial charge < -0.3 is 10.9 Å². The number of alkyl halides is 3. The molecule has 14 heavy (non-hydrogen) atoms. The van der Waals surface area contributed by atoms with Crippen LogP contribution in [0.2, 0.25) is 0 Å². The van der Waals surface area contributed by atoms with Crippen molar-refractivity contribution in [2.24, 2.45) is 5.73 Å². The molecule has 0 fully saturated rings. The topological polar surface area (TPSA) is 53.0 Å². The zero-order chi connectivity index (χ0) is 10.9. The molecule has 1 aromatic rings. The second-order valence-electron chi connectivity index (χ2n) is 2.46. The number of thiocarbonyl (C=S) groups is 1. The van der Waals surface area contributed by atoms with Crippen LogP contribution in [0.1, 0.15) is 11.3 Å². The van der Waals surface area contributed by atoms with Gasteiger partial charge in [-0.25, -0.2) is 0 Å². The molecule has 0 atom stereocenters. The molecule has 2 N–H and O–H groups in total. The number of aromatic nitrogens is 1. The van der Waals surface area contributed by atoms with E-state index in [0.29, 0.717) is 0 Å². The van der Waals surface area contributed by atoms with E-state index < -0.39 is 22.4 Å². The van der Waals surface area contributed by atoms with E-state index in [0.717, 1.165) is 18.3 Å². The number of rotatable bonds is 1. The van der Waals surface area contributed by atoms with E-state index in [2.05, 4.69) is 12.2 Å². The Morgan fingerprint density at radius 3 is 2.43 bits per heavy atom. The highest BCUT2D eigenvalue weighted by Gasteiger charge is 2.43. The van der Waals surface area contributed by atoms with Crippen LogP contribution in [-0.2, 0) is 6.18 Å². The first-order valence-corrected chi connectivity index (χ1v) is 3.84. The molecule has 1 aromatic heterocycles. The zero-order valence-corrected chi connectivity index (χ0v) is 7.52. The number of pyridine rings is 1. The summed E-state index contributed by atoms with van der Waals surface area (Å²) in [5, 5.41) is 10.9. The van der Waals surface area contributed by atoms with Gasteiger partial charge in [-0.2, -0.15) is 17.9 Å².